The van der Waals surface area contributed by atoms with E-state index in [0.717, 1.165) is 123 Å². The van der Waals surface area contributed by atoms with Crippen LogP contribution in [0.4, 0.5) is 22.7 Å². The summed E-state index contributed by atoms with van der Waals surface area (Å²) in [5.41, 5.74) is 16.5. The van der Waals surface area contributed by atoms with Crippen molar-refractivity contribution in [3.05, 3.63) is 388 Å². The molecule has 0 radical (unpaired) electrons. The average molecular weight is 1850 g/mol. The largest absolute Gasteiger partial charge is 0.508 e. The lowest BCUT2D eigenvalue weighted by Crippen LogP contribution is -2.07. The fourth-order valence-corrected chi connectivity index (χ4v) is 17.3. The molecule has 21 rings (SSSR count). The van der Waals surface area contributed by atoms with Gasteiger partial charge < -0.3 is 24.1 Å². The minimum absolute atomic E-state index is 0.0408. The molecule has 4 aliphatic heterocycles. The lowest BCUT2D eigenvalue weighted by molar-refractivity contribution is -0.395. The van der Waals surface area contributed by atoms with Gasteiger partial charge in [-0.2, -0.15) is 0 Å². The smallest absolute Gasteiger partial charge is 0.279 e. The van der Waals surface area contributed by atoms with Crippen LogP contribution in [-0.2, 0) is 32.1 Å². The van der Waals surface area contributed by atoms with Crippen molar-refractivity contribution in [2.45, 2.75) is 46.0 Å². The normalized spacial score (nSPS) is 11.8. The predicted octanol–water partition coefficient (Wildman–Crippen LogP) is 27.1. The molecule has 21 nitrogen and oxygen atoms in total. The summed E-state index contributed by atoms with van der Waals surface area (Å²) < 4.78 is 31.8. The summed E-state index contributed by atoms with van der Waals surface area (Å²) in [6.07, 6.45) is 2.65. The van der Waals surface area contributed by atoms with Gasteiger partial charge in [0.15, 0.2) is 23.0 Å². The Morgan fingerprint density at radius 3 is 1.20 bits per heavy atom. The molecule has 25 heteroatoms. The number of aryl methyl sites for hydroxylation is 2. The van der Waals surface area contributed by atoms with Crippen LogP contribution in [0.25, 0.3) is 88.4 Å². The highest BCUT2D eigenvalue weighted by molar-refractivity contribution is 9.11. The van der Waals surface area contributed by atoms with Crippen molar-refractivity contribution < 1.29 is 43.7 Å². The van der Waals surface area contributed by atoms with Crippen LogP contribution in [0.15, 0.2) is 303 Å². The zero-order valence-electron chi connectivity index (χ0n) is 63.6. The van der Waals surface area contributed by atoms with Crippen molar-refractivity contribution in [3.8, 4) is 96.5 Å². The van der Waals surface area contributed by atoms with Gasteiger partial charge in [-0.05, 0) is 188 Å². The Morgan fingerprint density at radius 2 is 0.725 bits per heavy atom. The Morgan fingerprint density at radius 1 is 0.358 bits per heavy atom. The van der Waals surface area contributed by atoms with E-state index in [0.29, 0.717) is 45.5 Å². The average Bonchev–Trinajstić information content (AvgIpc) is 1.43. The Kier molecular flexibility index (Phi) is 21.9. The van der Waals surface area contributed by atoms with Gasteiger partial charge in [0.25, 0.3) is 22.7 Å². The summed E-state index contributed by atoms with van der Waals surface area (Å²) in [6, 6.07) is 91.4. The van der Waals surface area contributed by atoms with Crippen molar-refractivity contribution in [2.24, 2.45) is 0 Å². The van der Waals surface area contributed by atoms with Gasteiger partial charge in [-0.25, -0.2) is 9.97 Å². The number of rotatable bonds is 11. The van der Waals surface area contributed by atoms with Gasteiger partial charge in [0.2, 0.25) is 0 Å². The van der Waals surface area contributed by atoms with Crippen LogP contribution < -0.4 is 18.9 Å². The van der Waals surface area contributed by atoms with Gasteiger partial charge in [-0.15, -0.1) is 0 Å². The second-order valence-corrected chi connectivity index (χ2v) is 32.0. The van der Waals surface area contributed by atoms with E-state index in [2.05, 4.69) is 220 Å². The van der Waals surface area contributed by atoms with Crippen LogP contribution in [0.2, 0.25) is 0 Å². The molecule has 0 atom stereocenters. The van der Waals surface area contributed by atoms with Crippen molar-refractivity contribution in [2.75, 3.05) is 0 Å². The summed E-state index contributed by atoms with van der Waals surface area (Å²) in [6.45, 7) is 4.28. The number of hydrogen-bond acceptors (Lipinski definition) is 15. The van der Waals surface area contributed by atoms with Gasteiger partial charge in [0.1, 0.15) is 57.0 Å². The lowest BCUT2D eigenvalue weighted by atomic mass is 9.86. The third-order valence-corrected chi connectivity index (χ3v) is 23.1. The molecule has 4 aliphatic rings. The molecule has 1 N–H and O–H groups in total. The first-order chi connectivity index (χ1) is 58.2. The fourth-order valence-electron chi connectivity index (χ4n) is 15.7. The van der Waals surface area contributed by atoms with E-state index in [1.165, 1.54) is 85.8 Å². The van der Waals surface area contributed by atoms with Gasteiger partial charge >= 0.3 is 0 Å². The maximum Gasteiger partial charge on any atom is 0.279 e. The number of phenols is 1. The van der Waals surface area contributed by atoms with Crippen LogP contribution in [0.5, 0.6) is 51.7 Å². The Labute approximate surface area is 718 Å². The van der Waals surface area contributed by atoms with Crippen LogP contribution in [0.1, 0.15) is 58.9 Å². The molecular formula is C95H64Br4N8O13. The maximum atomic E-state index is 11.0. The van der Waals surface area contributed by atoms with Gasteiger partial charge in [0, 0.05) is 85.4 Å². The molecule has 120 heavy (non-hydrogen) atoms. The lowest BCUT2D eigenvalue weighted by Gasteiger charge is -2.22. The molecule has 0 amide bonds. The molecule has 6 heterocycles. The summed E-state index contributed by atoms with van der Waals surface area (Å²) in [7, 11) is 0. The zero-order chi connectivity index (χ0) is 83.1. The summed E-state index contributed by atoms with van der Waals surface area (Å²) in [5.74, 6) is 8.13. The number of para-hydroxylation sites is 2. The highest BCUT2D eigenvalue weighted by Crippen LogP contribution is 2.49. The maximum absolute atomic E-state index is 11.0. The van der Waals surface area contributed by atoms with Gasteiger partial charge in [0.05, 0.1) is 53.2 Å². The molecule has 17 aromatic rings. The monoisotopic (exact) mass is 1840 g/mol. The molecule has 0 saturated heterocycles. The molecule has 15 aromatic carbocycles. The second-order valence-electron chi connectivity index (χ2n) is 28.3. The standard InChI is InChI=1S/C41H28N2O.C15H11BrN2O.C13H9BrN2O5.2C13H8BrNO3/c1-2-38-42-34-17-10-18-37-41(34)43(38)35-25-29(23-24-36(35)44-37)26-19-21-28(22-20-26)40-32-15-8-6-13-30(32)39(27-11-4-3-5-12-27)31-14-7-9-16-33(31)40;1-2-14-17-10-4-3-5-13-15(10)18(14)11-8-9(16)6-7-12(11)19-13;14-9-4-5-13(17)8(6-9)7-10-11(15(18)19)2-1-3-12(10)16(20)21;2*14-9-4-5-12-8(6-9)7-10-11(15(16)17)2-1-3-13(10)18-12/h3-25H,2H2,1H3;3-8H,2H2,1H3;1-6,17H,7H2;2*1-6H,7H2. The number of halogens is 4. The van der Waals surface area contributed by atoms with E-state index in [1.54, 1.807) is 36.4 Å². The summed E-state index contributed by atoms with van der Waals surface area (Å²) in [5, 5.41) is 58.9. The highest BCUT2D eigenvalue weighted by atomic mass is 79.9. The van der Waals surface area contributed by atoms with Crippen LogP contribution in [-0.4, -0.2) is 43.9 Å². The van der Waals surface area contributed by atoms with Gasteiger partial charge in [-0.3, -0.25) is 49.6 Å². The first-order valence-electron chi connectivity index (χ1n) is 38.0. The van der Waals surface area contributed by atoms with E-state index in [1.807, 2.05) is 78.9 Å². The summed E-state index contributed by atoms with van der Waals surface area (Å²) in [4.78, 5) is 51.6. The van der Waals surface area contributed by atoms with Crippen LogP contribution in [0.3, 0.4) is 0 Å². The number of ether oxygens (including phenoxy) is 4. The topological polar surface area (TPSA) is 265 Å². The third kappa shape index (κ3) is 15.3. The van der Waals surface area contributed by atoms with Crippen molar-refractivity contribution in [1.29, 1.82) is 0 Å². The molecule has 0 saturated carbocycles. The minimum Gasteiger partial charge on any atom is -0.508 e. The fraction of sp³-hybridized carbons (Fsp3) is 0.0737. The zero-order valence-corrected chi connectivity index (χ0v) is 70.0. The van der Waals surface area contributed by atoms with Crippen molar-refractivity contribution >= 4 is 130 Å². The molecule has 0 fully saturated rings. The number of benzene rings is 15. The van der Waals surface area contributed by atoms with E-state index < -0.39 is 9.85 Å². The number of phenolic OH excluding ortho intramolecular Hbond substituents is 1. The number of aromatic hydroxyl groups is 1. The molecule has 2 aromatic heterocycles. The molecule has 0 bridgehead atoms. The molecule has 590 valence electrons. The first kappa shape index (κ1) is 78.8. The molecule has 0 unspecified atom stereocenters. The van der Waals surface area contributed by atoms with Crippen molar-refractivity contribution in [1.82, 2.24) is 19.1 Å². The number of hydrogen-bond donors (Lipinski definition) is 1. The number of nitro benzene ring substituents is 4. The Balaban J connectivity index is 0.000000115. The first-order valence-corrected chi connectivity index (χ1v) is 41.2. The van der Waals surface area contributed by atoms with Crippen LogP contribution >= 0.6 is 63.7 Å². The molecular weight excluding hydrogens is 1780 g/mol. The van der Waals surface area contributed by atoms with E-state index >= 15 is 0 Å². The minimum atomic E-state index is -0.669. The number of nitrogens with zero attached hydrogens (tertiary/aromatic N) is 8. The quantitative estimate of drug-likeness (QED) is 0.0716. The highest BCUT2D eigenvalue weighted by Gasteiger charge is 2.31. The number of imidazole rings is 2. The van der Waals surface area contributed by atoms with Crippen LogP contribution in [0, 0.1) is 40.5 Å². The van der Waals surface area contributed by atoms with E-state index in [-0.39, 0.29) is 50.3 Å². The van der Waals surface area contributed by atoms with Crippen molar-refractivity contribution in [3.63, 3.8) is 0 Å². The Hall–Kier alpha value is -13.7. The molecule has 0 aliphatic carbocycles. The summed E-state index contributed by atoms with van der Waals surface area (Å²) >= 11 is 13.5. The molecule has 0 spiro atoms. The Bertz CT molecular complexity index is 6840. The number of nitro groups is 4. The predicted molar refractivity (Wildman–Crippen MR) is 479 cm³/mol. The second kappa shape index (κ2) is 33.3. The van der Waals surface area contributed by atoms with Gasteiger partial charge in [-0.1, -0.05) is 211 Å². The third-order valence-electron chi connectivity index (χ3n) is 21.1. The SMILES string of the molecule is CCc1nc2cccc3c2n1-c1cc(-c2ccc(-c4c5ccccc5c(-c5ccccc5)c5ccccc45)cc2)ccc1O3.CCc1nc2cccc3c2n1-c1cc(Br)ccc1O3.O=[N+]([O-])c1cccc([N+](=O)[O-])c1Cc1cc(Br)ccc1O.O=[N+]([O-])c1cccc2c1Cc1cc(Br)ccc1O2.O=[N+]([O-])c1cccc2c1Cc1cc(Br)ccc1O2. The van der Waals surface area contributed by atoms with E-state index in [9.17, 15) is 45.6 Å². The number of fused-ring (bicyclic) bond motifs is 10. The number of aromatic nitrogens is 4. The van der Waals surface area contributed by atoms with E-state index in [4.69, 9.17) is 28.9 Å².